The van der Waals surface area contributed by atoms with Crippen molar-refractivity contribution in [2.24, 2.45) is 5.16 Å². The predicted octanol–water partition coefficient (Wildman–Crippen LogP) is 2.89. The van der Waals surface area contributed by atoms with Crippen LogP contribution in [0.2, 0.25) is 0 Å². The summed E-state index contributed by atoms with van der Waals surface area (Å²) >= 11 is 0. The molecule has 1 rings (SSSR count). The van der Waals surface area contributed by atoms with Crippen molar-refractivity contribution < 1.29 is 10.3 Å². The van der Waals surface area contributed by atoms with Crippen LogP contribution in [0.5, 0.6) is 5.75 Å². The maximum atomic E-state index is 9.50. The Morgan fingerprint density at radius 2 is 2.07 bits per heavy atom. The van der Waals surface area contributed by atoms with E-state index in [4.69, 9.17) is 5.21 Å². The Hall–Kier alpha value is -1.51. The van der Waals surface area contributed by atoms with Crippen LogP contribution in [0.4, 0.5) is 0 Å². The van der Waals surface area contributed by atoms with E-state index in [2.05, 4.69) is 25.9 Å². The smallest absolute Gasteiger partial charge is 0.124 e. The van der Waals surface area contributed by atoms with Crippen molar-refractivity contribution in [3.63, 3.8) is 0 Å². The number of rotatable bonds is 3. The van der Waals surface area contributed by atoms with Crippen LogP contribution in [0.3, 0.4) is 0 Å². The molecule has 1 aromatic carbocycles. The van der Waals surface area contributed by atoms with E-state index in [0.717, 1.165) is 12.0 Å². The first kappa shape index (κ1) is 11.6. The zero-order chi connectivity index (χ0) is 11.5. The van der Waals surface area contributed by atoms with E-state index in [1.54, 1.807) is 6.07 Å². The van der Waals surface area contributed by atoms with E-state index in [0.29, 0.717) is 5.56 Å². The van der Waals surface area contributed by atoms with E-state index in [1.165, 1.54) is 6.21 Å². The molecule has 0 aliphatic rings. The number of nitrogens with zero attached hydrogens (tertiary/aromatic N) is 1. The first-order valence-corrected chi connectivity index (χ1v) is 5.02. The summed E-state index contributed by atoms with van der Waals surface area (Å²) in [4.78, 5) is 0. The van der Waals surface area contributed by atoms with Gasteiger partial charge in [0, 0.05) is 5.56 Å². The molecule has 0 heterocycles. The van der Waals surface area contributed by atoms with Crippen molar-refractivity contribution in [2.75, 3.05) is 0 Å². The minimum atomic E-state index is 0.0613. The molecule has 0 saturated heterocycles. The number of hydrogen-bond donors (Lipinski definition) is 2. The molecule has 0 fully saturated rings. The lowest BCUT2D eigenvalue weighted by atomic mass is 9.81. The lowest BCUT2D eigenvalue weighted by Crippen LogP contribution is -2.15. The molecular formula is C12H17NO2. The van der Waals surface area contributed by atoms with Crippen molar-refractivity contribution in [3.8, 4) is 5.75 Å². The fourth-order valence-corrected chi connectivity index (χ4v) is 1.35. The number of hydrogen-bond acceptors (Lipinski definition) is 3. The second-order valence-corrected chi connectivity index (χ2v) is 4.26. The Balaban J connectivity index is 3.18. The van der Waals surface area contributed by atoms with Gasteiger partial charge in [-0.3, -0.25) is 0 Å². The first-order valence-electron chi connectivity index (χ1n) is 5.02. The zero-order valence-electron chi connectivity index (χ0n) is 9.36. The van der Waals surface area contributed by atoms with Gasteiger partial charge in [0.1, 0.15) is 5.75 Å². The van der Waals surface area contributed by atoms with E-state index in [9.17, 15) is 5.11 Å². The number of phenols is 1. The fraction of sp³-hybridized carbons (Fsp3) is 0.417. The summed E-state index contributed by atoms with van der Waals surface area (Å²) in [5.41, 5.74) is 1.72. The summed E-state index contributed by atoms with van der Waals surface area (Å²) in [6.45, 7) is 6.39. The van der Waals surface area contributed by atoms with E-state index < -0.39 is 0 Å². The van der Waals surface area contributed by atoms with E-state index in [-0.39, 0.29) is 11.2 Å². The molecule has 3 nitrogen and oxygen atoms in total. The van der Waals surface area contributed by atoms with Gasteiger partial charge < -0.3 is 10.3 Å². The third kappa shape index (κ3) is 2.49. The fourth-order valence-electron chi connectivity index (χ4n) is 1.35. The van der Waals surface area contributed by atoms with Gasteiger partial charge in [-0.25, -0.2) is 0 Å². The van der Waals surface area contributed by atoms with Crippen molar-refractivity contribution >= 4 is 6.21 Å². The molecule has 0 bridgehead atoms. The third-order valence-electron chi connectivity index (χ3n) is 2.89. The standard InChI is InChI=1S/C12H17NO2/c1-4-12(2,3)10-5-6-11(14)9(7-10)8-13-15/h5-8,14-15H,4H2,1-3H3/b13-8+. The Bertz CT molecular complexity index is 370. The molecule has 82 valence electrons. The monoisotopic (exact) mass is 207 g/mol. The normalized spacial score (nSPS) is 12.2. The molecule has 0 spiro atoms. The summed E-state index contributed by atoms with van der Waals surface area (Å²) < 4.78 is 0. The molecule has 0 radical (unpaired) electrons. The molecule has 0 unspecified atom stereocenters. The summed E-state index contributed by atoms with van der Waals surface area (Å²) in [5.74, 6) is 0.128. The first-order chi connectivity index (χ1) is 7.01. The molecule has 0 aliphatic heterocycles. The Morgan fingerprint density at radius 1 is 1.40 bits per heavy atom. The quantitative estimate of drug-likeness (QED) is 0.455. The predicted molar refractivity (Wildman–Crippen MR) is 60.8 cm³/mol. The van der Waals surface area contributed by atoms with Crippen LogP contribution in [0.25, 0.3) is 0 Å². The molecule has 0 aromatic heterocycles. The molecule has 0 atom stereocenters. The zero-order valence-corrected chi connectivity index (χ0v) is 9.36. The summed E-state index contributed by atoms with van der Waals surface area (Å²) in [6, 6.07) is 5.37. The Labute approximate surface area is 90.1 Å². The van der Waals surface area contributed by atoms with Crippen LogP contribution in [0.1, 0.15) is 38.3 Å². The molecule has 0 amide bonds. The van der Waals surface area contributed by atoms with Gasteiger partial charge in [0.05, 0.1) is 6.21 Å². The minimum absolute atomic E-state index is 0.0613. The van der Waals surface area contributed by atoms with Gasteiger partial charge in [-0.15, -0.1) is 0 Å². The second-order valence-electron chi connectivity index (χ2n) is 4.26. The molecule has 3 heteroatoms. The number of aromatic hydroxyl groups is 1. The lowest BCUT2D eigenvalue weighted by molar-refractivity contribution is 0.321. The van der Waals surface area contributed by atoms with Crippen LogP contribution in [0.15, 0.2) is 23.4 Å². The van der Waals surface area contributed by atoms with Gasteiger partial charge in [0.25, 0.3) is 0 Å². The van der Waals surface area contributed by atoms with Crippen molar-refractivity contribution in [2.45, 2.75) is 32.6 Å². The second kappa shape index (κ2) is 4.34. The topological polar surface area (TPSA) is 52.8 Å². The maximum absolute atomic E-state index is 9.50. The van der Waals surface area contributed by atoms with E-state index in [1.807, 2.05) is 12.1 Å². The number of oxime groups is 1. The number of phenolic OH excluding ortho intramolecular Hbond substituents is 1. The lowest BCUT2D eigenvalue weighted by Gasteiger charge is -2.23. The van der Waals surface area contributed by atoms with E-state index >= 15 is 0 Å². The van der Waals surface area contributed by atoms with Crippen LogP contribution in [0, 0.1) is 0 Å². The van der Waals surface area contributed by atoms with Gasteiger partial charge in [-0.1, -0.05) is 32.0 Å². The molecule has 2 N–H and O–H groups in total. The Kier molecular flexibility index (Phi) is 3.35. The maximum Gasteiger partial charge on any atom is 0.124 e. The van der Waals surface area contributed by atoms with Crippen molar-refractivity contribution in [1.29, 1.82) is 0 Å². The van der Waals surface area contributed by atoms with Crippen LogP contribution < -0.4 is 0 Å². The molecular weight excluding hydrogens is 190 g/mol. The van der Waals surface area contributed by atoms with Crippen molar-refractivity contribution in [1.82, 2.24) is 0 Å². The van der Waals surface area contributed by atoms with Crippen LogP contribution >= 0.6 is 0 Å². The minimum Gasteiger partial charge on any atom is -0.507 e. The average Bonchev–Trinajstić information content (AvgIpc) is 2.21. The number of benzene rings is 1. The Morgan fingerprint density at radius 3 is 2.60 bits per heavy atom. The molecule has 0 saturated carbocycles. The van der Waals surface area contributed by atoms with Crippen molar-refractivity contribution in [3.05, 3.63) is 29.3 Å². The highest BCUT2D eigenvalue weighted by Crippen LogP contribution is 2.29. The molecule has 15 heavy (non-hydrogen) atoms. The van der Waals surface area contributed by atoms with Crippen LogP contribution in [-0.4, -0.2) is 16.5 Å². The van der Waals surface area contributed by atoms with Gasteiger partial charge in [0.15, 0.2) is 0 Å². The highest BCUT2D eigenvalue weighted by molar-refractivity contribution is 5.83. The summed E-state index contributed by atoms with van der Waals surface area (Å²) in [5, 5.41) is 20.9. The van der Waals surface area contributed by atoms with Gasteiger partial charge in [-0.05, 0) is 29.5 Å². The average molecular weight is 207 g/mol. The highest BCUT2D eigenvalue weighted by atomic mass is 16.4. The summed E-state index contributed by atoms with van der Waals surface area (Å²) in [7, 11) is 0. The SMILES string of the molecule is CCC(C)(C)c1ccc(O)c(/C=N/O)c1. The highest BCUT2D eigenvalue weighted by Gasteiger charge is 2.18. The molecule has 1 aromatic rings. The molecule has 0 aliphatic carbocycles. The van der Waals surface area contributed by atoms with Gasteiger partial charge in [-0.2, -0.15) is 0 Å². The van der Waals surface area contributed by atoms with Gasteiger partial charge >= 0.3 is 0 Å². The van der Waals surface area contributed by atoms with Crippen LogP contribution in [-0.2, 0) is 5.41 Å². The largest absolute Gasteiger partial charge is 0.507 e. The third-order valence-corrected chi connectivity index (χ3v) is 2.89. The summed E-state index contributed by atoms with van der Waals surface area (Å²) in [6.07, 6.45) is 2.25. The van der Waals surface area contributed by atoms with Gasteiger partial charge in [0.2, 0.25) is 0 Å².